The second-order valence-corrected chi connectivity index (χ2v) is 11.3. The van der Waals surface area contributed by atoms with Gasteiger partial charge in [0.25, 0.3) is 0 Å². The summed E-state index contributed by atoms with van der Waals surface area (Å²) >= 11 is 0. The van der Waals surface area contributed by atoms with Crippen molar-refractivity contribution in [2.24, 2.45) is 7.05 Å². The number of carbonyl (C=O) groups excluding carboxylic acids is 2. The van der Waals surface area contributed by atoms with Gasteiger partial charge in [-0.3, -0.25) is 9.59 Å². The van der Waals surface area contributed by atoms with Crippen LogP contribution in [-0.2, 0) is 28.5 Å². The van der Waals surface area contributed by atoms with Crippen LogP contribution in [0.4, 0.5) is 8.78 Å². The zero-order chi connectivity index (χ0) is 28.0. The summed E-state index contributed by atoms with van der Waals surface area (Å²) in [6.45, 7) is 1.87. The van der Waals surface area contributed by atoms with Crippen LogP contribution in [0, 0.1) is 5.95 Å². The lowest BCUT2D eigenvalue weighted by molar-refractivity contribution is -0.138. The Bertz CT molecular complexity index is 1580. The molecule has 0 spiro atoms. The Kier molecular flexibility index (Phi) is 6.64. The first-order valence-corrected chi connectivity index (χ1v) is 13.7. The van der Waals surface area contributed by atoms with Crippen LogP contribution in [0.2, 0.25) is 0 Å². The highest BCUT2D eigenvalue weighted by atomic mass is 19.1. The van der Waals surface area contributed by atoms with Gasteiger partial charge < -0.3 is 14.8 Å². The third-order valence-corrected chi connectivity index (χ3v) is 8.49. The number of aromatic nitrogens is 2. The van der Waals surface area contributed by atoms with E-state index in [1.54, 1.807) is 12.1 Å². The van der Waals surface area contributed by atoms with Gasteiger partial charge in [-0.25, -0.2) is 9.37 Å². The average molecular weight is 543 g/mol. The van der Waals surface area contributed by atoms with Crippen LogP contribution in [0.3, 0.4) is 0 Å². The molecule has 1 N–H and O–H groups in total. The van der Waals surface area contributed by atoms with Crippen molar-refractivity contribution in [3.8, 4) is 0 Å². The Morgan fingerprint density at radius 2 is 1.80 bits per heavy atom. The topological polar surface area (TPSA) is 67.2 Å². The molecule has 3 heterocycles. The van der Waals surface area contributed by atoms with Gasteiger partial charge in [-0.2, -0.15) is 4.39 Å². The molecule has 40 heavy (non-hydrogen) atoms. The first-order valence-electron chi connectivity index (χ1n) is 13.7. The monoisotopic (exact) mass is 542 g/mol. The van der Waals surface area contributed by atoms with Gasteiger partial charge >= 0.3 is 0 Å². The molecule has 2 amide bonds. The Morgan fingerprint density at radius 3 is 2.50 bits per heavy atom. The number of rotatable bonds is 7. The van der Waals surface area contributed by atoms with Crippen molar-refractivity contribution in [1.82, 2.24) is 19.8 Å². The van der Waals surface area contributed by atoms with E-state index in [4.69, 9.17) is 0 Å². The number of benzene rings is 2. The summed E-state index contributed by atoms with van der Waals surface area (Å²) in [7, 11) is 1.89. The zero-order valence-electron chi connectivity index (χ0n) is 22.6. The van der Waals surface area contributed by atoms with Crippen molar-refractivity contribution in [2.75, 3.05) is 6.54 Å². The van der Waals surface area contributed by atoms with Gasteiger partial charge in [0.2, 0.25) is 17.8 Å². The van der Waals surface area contributed by atoms with Crippen LogP contribution in [0.5, 0.6) is 0 Å². The smallest absolute Gasteiger partial charge is 0.243 e. The second-order valence-electron chi connectivity index (χ2n) is 11.3. The van der Waals surface area contributed by atoms with Crippen LogP contribution < -0.4 is 5.32 Å². The molecule has 1 saturated carbocycles. The molecular formula is C32H32F2N4O2. The molecule has 8 heteroatoms. The van der Waals surface area contributed by atoms with E-state index in [2.05, 4.69) is 10.3 Å². The lowest BCUT2D eigenvalue weighted by Gasteiger charge is -2.27. The molecule has 4 aromatic rings. The SMILES string of the molecule is Cn1c(CC(=O)N2CC(F)CC2C(=O)NC(c2ccccc2)c2ccc(C3(C)CC3)c(F)n2)cc2ccccc21. The molecule has 1 aliphatic heterocycles. The Balaban J connectivity index is 1.25. The van der Waals surface area contributed by atoms with Gasteiger partial charge in [-0.05, 0) is 47.4 Å². The molecule has 3 atom stereocenters. The lowest BCUT2D eigenvalue weighted by atomic mass is 9.97. The van der Waals surface area contributed by atoms with Crippen LogP contribution in [-0.4, -0.2) is 45.0 Å². The minimum atomic E-state index is -1.31. The number of para-hydroxylation sites is 1. The summed E-state index contributed by atoms with van der Waals surface area (Å²) < 4.78 is 31.7. The number of fused-ring (bicyclic) bond motifs is 1. The van der Waals surface area contributed by atoms with E-state index < -0.39 is 30.1 Å². The quantitative estimate of drug-likeness (QED) is 0.329. The highest BCUT2D eigenvalue weighted by molar-refractivity contribution is 5.90. The molecule has 0 radical (unpaired) electrons. The third-order valence-electron chi connectivity index (χ3n) is 8.49. The lowest BCUT2D eigenvalue weighted by Crippen LogP contribution is -2.47. The maximum absolute atomic E-state index is 15.1. The summed E-state index contributed by atoms with van der Waals surface area (Å²) in [5, 5.41) is 3.97. The standard InChI is InChI=1S/C32H32F2N4O2/c1-32(14-15-32)24-12-13-25(35-30(24)34)29(20-8-4-3-5-9-20)36-31(40)27-17-22(33)19-38(27)28(39)18-23-16-21-10-6-7-11-26(21)37(23)2/h3-13,16,22,27,29H,14-15,17-19H2,1-2H3,(H,36,40). The number of pyridine rings is 1. The number of carbonyl (C=O) groups is 2. The van der Waals surface area contributed by atoms with Gasteiger partial charge in [-0.1, -0.05) is 61.5 Å². The van der Waals surface area contributed by atoms with E-state index in [0.717, 1.165) is 35.0 Å². The Hall–Kier alpha value is -4.07. The molecule has 3 unspecified atom stereocenters. The van der Waals surface area contributed by atoms with E-state index >= 15 is 4.39 Å². The summed E-state index contributed by atoms with van der Waals surface area (Å²) in [6, 6.07) is 20.7. The minimum Gasteiger partial charge on any atom is -0.347 e. The van der Waals surface area contributed by atoms with Gasteiger partial charge in [0.1, 0.15) is 12.2 Å². The van der Waals surface area contributed by atoms with Gasteiger partial charge in [0.15, 0.2) is 0 Å². The molecule has 6 rings (SSSR count). The number of likely N-dealkylation sites (tertiary alicyclic amines) is 1. The summed E-state index contributed by atoms with van der Waals surface area (Å²) in [6.07, 6.45) is 0.484. The predicted octanol–water partition coefficient (Wildman–Crippen LogP) is 5.15. The van der Waals surface area contributed by atoms with E-state index in [9.17, 15) is 14.0 Å². The molecule has 1 aliphatic carbocycles. The number of nitrogens with zero attached hydrogens (tertiary/aromatic N) is 3. The number of hydrogen-bond donors (Lipinski definition) is 1. The molecule has 1 saturated heterocycles. The van der Waals surface area contributed by atoms with Crippen molar-refractivity contribution in [3.05, 3.63) is 101 Å². The number of nitrogens with one attached hydrogen (secondary N) is 1. The fourth-order valence-corrected chi connectivity index (χ4v) is 5.81. The van der Waals surface area contributed by atoms with Crippen molar-refractivity contribution in [1.29, 1.82) is 0 Å². The molecule has 2 aromatic heterocycles. The highest BCUT2D eigenvalue weighted by Crippen LogP contribution is 2.48. The van der Waals surface area contributed by atoms with Crippen molar-refractivity contribution in [2.45, 2.75) is 56.3 Å². The average Bonchev–Trinajstić information content (AvgIpc) is 3.45. The normalized spacial score (nSPS) is 20.4. The summed E-state index contributed by atoms with van der Waals surface area (Å²) in [5.41, 5.74) is 3.25. The first-order chi connectivity index (χ1) is 19.2. The van der Waals surface area contributed by atoms with Gasteiger partial charge in [0, 0.05) is 30.2 Å². The van der Waals surface area contributed by atoms with E-state index in [0.29, 0.717) is 11.3 Å². The van der Waals surface area contributed by atoms with Crippen LogP contribution in [0.25, 0.3) is 10.9 Å². The maximum Gasteiger partial charge on any atom is 0.243 e. The third kappa shape index (κ3) is 4.87. The number of hydrogen-bond acceptors (Lipinski definition) is 3. The highest BCUT2D eigenvalue weighted by Gasteiger charge is 2.43. The van der Waals surface area contributed by atoms with Crippen molar-refractivity contribution >= 4 is 22.7 Å². The fraction of sp³-hybridized carbons (Fsp3) is 0.344. The van der Waals surface area contributed by atoms with Crippen LogP contribution in [0.1, 0.15) is 54.7 Å². The fourth-order valence-electron chi connectivity index (χ4n) is 5.81. The zero-order valence-corrected chi connectivity index (χ0v) is 22.6. The van der Waals surface area contributed by atoms with E-state index in [1.165, 1.54) is 4.90 Å². The second kappa shape index (κ2) is 10.2. The Labute approximate surface area is 232 Å². The molecule has 2 fully saturated rings. The number of aryl methyl sites for hydroxylation is 1. The van der Waals surface area contributed by atoms with Gasteiger partial charge in [-0.15, -0.1) is 0 Å². The molecule has 2 aromatic carbocycles. The van der Waals surface area contributed by atoms with E-state index in [-0.39, 0.29) is 30.7 Å². The van der Waals surface area contributed by atoms with Crippen molar-refractivity contribution in [3.63, 3.8) is 0 Å². The maximum atomic E-state index is 15.1. The summed E-state index contributed by atoms with van der Waals surface area (Å²) in [5.74, 6) is -1.34. The first kappa shape index (κ1) is 26.2. The molecule has 206 valence electrons. The van der Waals surface area contributed by atoms with Crippen LogP contribution >= 0.6 is 0 Å². The number of alkyl halides is 1. The minimum absolute atomic E-state index is 0.0524. The predicted molar refractivity (Wildman–Crippen MR) is 149 cm³/mol. The Morgan fingerprint density at radius 1 is 1.07 bits per heavy atom. The van der Waals surface area contributed by atoms with Crippen LogP contribution in [0.15, 0.2) is 72.8 Å². The molecule has 6 nitrogen and oxygen atoms in total. The molecular weight excluding hydrogens is 510 g/mol. The molecule has 0 bridgehead atoms. The largest absolute Gasteiger partial charge is 0.347 e. The number of halogens is 2. The van der Waals surface area contributed by atoms with E-state index in [1.807, 2.05) is 79.2 Å². The summed E-state index contributed by atoms with van der Waals surface area (Å²) in [4.78, 5) is 32.7. The molecule has 2 aliphatic rings. The van der Waals surface area contributed by atoms with Crippen molar-refractivity contribution < 1.29 is 18.4 Å². The van der Waals surface area contributed by atoms with Gasteiger partial charge in [0.05, 0.1) is 24.7 Å². The number of amides is 2.